The molecule has 0 atom stereocenters. The van der Waals surface area contributed by atoms with Crippen LogP contribution in [0.3, 0.4) is 0 Å². The summed E-state index contributed by atoms with van der Waals surface area (Å²) < 4.78 is 0. The van der Waals surface area contributed by atoms with Gasteiger partial charge in [-0.2, -0.15) is 0 Å². The zero-order valence-electron chi connectivity index (χ0n) is 11.1. The average Bonchev–Trinajstić information content (AvgIpc) is 2.42. The van der Waals surface area contributed by atoms with Crippen molar-refractivity contribution in [3.05, 3.63) is 41.2 Å². The van der Waals surface area contributed by atoms with Gasteiger partial charge in [-0.05, 0) is 25.5 Å². The summed E-state index contributed by atoms with van der Waals surface area (Å²) in [5, 5.41) is 7.18. The Kier molecular flexibility index (Phi) is 4.58. The lowest BCUT2D eigenvalue weighted by atomic mass is 10.2. The number of anilines is 3. The first-order valence-electron chi connectivity index (χ1n) is 6.29. The number of hydrogen-bond donors (Lipinski definition) is 2. The van der Waals surface area contributed by atoms with Crippen LogP contribution in [0.25, 0.3) is 0 Å². The van der Waals surface area contributed by atoms with Crippen molar-refractivity contribution in [3.63, 3.8) is 0 Å². The Bertz CT molecular complexity index is 557. The van der Waals surface area contributed by atoms with Crippen molar-refractivity contribution >= 4 is 28.9 Å². The number of hydrogen-bond acceptors (Lipinski definition) is 4. The fourth-order valence-corrected chi connectivity index (χ4v) is 1.87. The van der Waals surface area contributed by atoms with Gasteiger partial charge in [0, 0.05) is 12.1 Å². The van der Waals surface area contributed by atoms with Crippen molar-refractivity contribution in [1.82, 2.24) is 9.97 Å². The average molecular weight is 277 g/mol. The summed E-state index contributed by atoms with van der Waals surface area (Å²) in [5.41, 5.74) is 1.82. The highest BCUT2D eigenvalue weighted by molar-refractivity contribution is 6.33. The van der Waals surface area contributed by atoms with Gasteiger partial charge in [0.1, 0.15) is 18.0 Å². The fourth-order valence-electron chi connectivity index (χ4n) is 1.69. The molecule has 0 aliphatic heterocycles. The molecule has 0 aliphatic carbocycles. The van der Waals surface area contributed by atoms with Crippen LogP contribution in [0.2, 0.25) is 5.02 Å². The Labute approximate surface area is 118 Å². The van der Waals surface area contributed by atoms with Crippen molar-refractivity contribution in [1.29, 1.82) is 0 Å². The second-order valence-corrected chi connectivity index (χ2v) is 4.63. The van der Waals surface area contributed by atoms with Gasteiger partial charge in [-0.3, -0.25) is 0 Å². The Morgan fingerprint density at radius 2 is 1.89 bits per heavy atom. The zero-order chi connectivity index (χ0) is 13.7. The van der Waals surface area contributed by atoms with Crippen LogP contribution in [-0.2, 0) is 0 Å². The van der Waals surface area contributed by atoms with Crippen LogP contribution in [0.15, 0.2) is 30.6 Å². The van der Waals surface area contributed by atoms with Crippen LogP contribution in [0.5, 0.6) is 0 Å². The topological polar surface area (TPSA) is 49.8 Å². The molecule has 100 valence electrons. The maximum Gasteiger partial charge on any atom is 0.138 e. The van der Waals surface area contributed by atoms with Crippen molar-refractivity contribution in [2.24, 2.45) is 0 Å². The largest absolute Gasteiger partial charge is 0.370 e. The third-order valence-electron chi connectivity index (χ3n) is 2.75. The second kappa shape index (κ2) is 6.38. The Balaban J connectivity index is 2.23. The molecule has 2 rings (SSSR count). The van der Waals surface area contributed by atoms with E-state index in [1.54, 1.807) is 6.33 Å². The van der Waals surface area contributed by atoms with Gasteiger partial charge < -0.3 is 10.6 Å². The Morgan fingerprint density at radius 3 is 2.63 bits per heavy atom. The van der Waals surface area contributed by atoms with Gasteiger partial charge in [0.05, 0.1) is 10.7 Å². The quantitative estimate of drug-likeness (QED) is 0.866. The highest BCUT2D eigenvalue weighted by atomic mass is 35.5. The Hall–Kier alpha value is -1.81. The van der Waals surface area contributed by atoms with Gasteiger partial charge in [-0.15, -0.1) is 0 Å². The van der Waals surface area contributed by atoms with Crippen LogP contribution in [0, 0.1) is 6.92 Å². The first kappa shape index (κ1) is 13.6. The van der Waals surface area contributed by atoms with E-state index in [-0.39, 0.29) is 0 Å². The van der Waals surface area contributed by atoms with Gasteiger partial charge in [-0.25, -0.2) is 9.97 Å². The van der Waals surface area contributed by atoms with Crippen LogP contribution in [0.4, 0.5) is 17.3 Å². The van der Waals surface area contributed by atoms with Gasteiger partial charge in [0.25, 0.3) is 0 Å². The highest BCUT2D eigenvalue weighted by Gasteiger charge is 2.08. The first-order valence-corrected chi connectivity index (χ1v) is 6.67. The lowest BCUT2D eigenvalue weighted by Gasteiger charge is -2.13. The molecular weight excluding hydrogens is 260 g/mol. The van der Waals surface area contributed by atoms with Gasteiger partial charge in [-0.1, -0.05) is 30.7 Å². The molecule has 0 bridgehead atoms. The van der Waals surface area contributed by atoms with Crippen LogP contribution >= 0.6 is 11.6 Å². The maximum atomic E-state index is 6.13. The lowest BCUT2D eigenvalue weighted by Crippen LogP contribution is -2.07. The lowest BCUT2D eigenvalue weighted by molar-refractivity contribution is 0.960. The number of nitrogens with zero attached hydrogens (tertiary/aromatic N) is 2. The summed E-state index contributed by atoms with van der Waals surface area (Å²) in [6.45, 7) is 4.99. The van der Waals surface area contributed by atoms with Crippen LogP contribution in [-0.4, -0.2) is 16.5 Å². The maximum absolute atomic E-state index is 6.13. The zero-order valence-corrected chi connectivity index (χ0v) is 11.8. The van der Waals surface area contributed by atoms with E-state index in [4.69, 9.17) is 11.6 Å². The molecule has 0 radical (unpaired) electrons. The fraction of sp³-hybridized carbons (Fsp3) is 0.286. The van der Waals surface area contributed by atoms with Crippen LogP contribution < -0.4 is 10.6 Å². The number of benzene rings is 1. The molecule has 0 unspecified atom stereocenters. The van der Waals surface area contributed by atoms with Crippen molar-refractivity contribution in [2.45, 2.75) is 20.3 Å². The van der Waals surface area contributed by atoms with Crippen molar-refractivity contribution in [3.8, 4) is 0 Å². The van der Waals surface area contributed by atoms with E-state index in [2.05, 4.69) is 27.5 Å². The molecule has 1 aromatic carbocycles. The predicted molar refractivity (Wildman–Crippen MR) is 80.3 cm³/mol. The number of aromatic nitrogens is 2. The minimum absolute atomic E-state index is 0.670. The smallest absolute Gasteiger partial charge is 0.138 e. The monoisotopic (exact) mass is 276 g/mol. The molecule has 0 saturated carbocycles. The van der Waals surface area contributed by atoms with Gasteiger partial charge in [0.15, 0.2) is 0 Å². The number of nitrogens with one attached hydrogen (secondary N) is 2. The predicted octanol–water partition coefficient (Wildman–Crippen LogP) is 4.00. The van der Waals surface area contributed by atoms with E-state index in [0.29, 0.717) is 5.02 Å². The van der Waals surface area contributed by atoms with E-state index in [1.165, 1.54) is 0 Å². The summed E-state index contributed by atoms with van der Waals surface area (Å²) in [6.07, 6.45) is 2.60. The summed E-state index contributed by atoms with van der Waals surface area (Å²) in [6, 6.07) is 7.59. The molecule has 4 nitrogen and oxygen atoms in total. The van der Waals surface area contributed by atoms with E-state index >= 15 is 0 Å². The van der Waals surface area contributed by atoms with Crippen LogP contribution in [0.1, 0.15) is 18.9 Å². The molecule has 1 heterocycles. The van der Waals surface area contributed by atoms with E-state index < -0.39 is 0 Å². The number of halogens is 1. The number of para-hydroxylation sites is 1. The third-order valence-corrected chi connectivity index (χ3v) is 3.08. The molecule has 5 heteroatoms. The highest BCUT2D eigenvalue weighted by Crippen LogP contribution is 2.27. The molecule has 0 saturated heterocycles. The van der Waals surface area contributed by atoms with Crippen molar-refractivity contribution < 1.29 is 0 Å². The minimum atomic E-state index is 0.670. The SMILES string of the molecule is CCCNc1ncnc(Nc2ccccc2Cl)c1C. The van der Waals surface area contributed by atoms with E-state index in [0.717, 1.165) is 35.9 Å². The minimum Gasteiger partial charge on any atom is -0.370 e. The summed E-state index contributed by atoms with van der Waals surface area (Å²) in [5.74, 6) is 1.62. The standard InChI is InChI=1S/C14H17ClN4/c1-3-8-16-13-10(2)14(18-9-17-13)19-12-7-5-4-6-11(12)15/h4-7,9H,3,8H2,1-2H3,(H2,16,17,18,19). The summed E-state index contributed by atoms with van der Waals surface area (Å²) in [4.78, 5) is 8.51. The van der Waals surface area contributed by atoms with Gasteiger partial charge in [0.2, 0.25) is 0 Å². The molecule has 0 aliphatic rings. The summed E-state index contributed by atoms with van der Waals surface area (Å²) in [7, 11) is 0. The summed E-state index contributed by atoms with van der Waals surface area (Å²) >= 11 is 6.13. The molecule has 19 heavy (non-hydrogen) atoms. The molecule has 1 aromatic heterocycles. The molecule has 2 N–H and O–H groups in total. The third kappa shape index (κ3) is 3.35. The normalized spacial score (nSPS) is 10.3. The Morgan fingerprint density at radius 1 is 1.16 bits per heavy atom. The molecule has 0 fully saturated rings. The second-order valence-electron chi connectivity index (χ2n) is 4.23. The molecule has 0 spiro atoms. The first-order chi connectivity index (χ1) is 9.22. The number of rotatable bonds is 5. The van der Waals surface area contributed by atoms with E-state index in [9.17, 15) is 0 Å². The van der Waals surface area contributed by atoms with Crippen molar-refractivity contribution in [2.75, 3.05) is 17.2 Å². The van der Waals surface area contributed by atoms with E-state index in [1.807, 2.05) is 31.2 Å². The molecular formula is C14H17ClN4. The molecule has 2 aromatic rings. The van der Waals surface area contributed by atoms with Gasteiger partial charge >= 0.3 is 0 Å². The molecule has 0 amide bonds.